The second kappa shape index (κ2) is 6.74. The number of rotatable bonds is 6. The van der Waals surface area contributed by atoms with Crippen LogP contribution in [0.4, 0.5) is 10.1 Å². The van der Waals surface area contributed by atoms with Gasteiger partial charge in [-0.1, -0.05) is 37.8 Å². The molecule has 0 heterocycles. The standard InChI is InChI=1S/C13H19ClFN/c1-3-4-5-6-10(2)16-13-9-11(15)7-8-12(13)14/h7-10,16H,3-6H2,1-2H3. The van der Waals surface area contributed by atoms with Gasteiger partial charge in [-0.15, -0.1) is 0 Å². The molecule has 1 aromatic rings. The highest BCUT2D eigenvalue weighted by atomic mass is 35.5. The van der Waals surface area contributed by atoms with Gasteiger partial charge in [0.05, 0.1) is 10.7 Å². The van der Waals surface area contributed by atoms with Crippen LogP contribution in [-0.4, -0.2) is 6.04 Å². The van der Waals surface area contributed by atoms with E-state index in [1.54, 1.807) is 6.07 Å². The first-order valence-corrected chi connectivity index (χ1v) is 6.23. The lowest BCUT2D eigenvalue weighted by Gasteiger charge is -2.16. The van der Waals surface area contributed by atoms with E-state index in [9.17, 15) is 4.39 Å². The van der Waals surface area contributed by atoms with Crippen molar-refractivity contribution in [3.63, 3.8) is 0 Å². The van der Waals surface area contributed by atoms with Crippen LogP contribution in [0.1, 0.15) is 39.5 Å². The third kappa shape index (κ3) is 4.40. The normalized spacial score (nSPS) is 12.5. The van der Waals surface area contributed by atoms with Gasteiger partial charge in [-0.3, -0.25) is 0 Å². The average molecular weight is 244 g/mol. The second-order valence-corrected chi connectivity index (χ2v) is 4.57. The summed E-state index contributed by atoms with van der Waals surface area (Å²) in [5.74, 6) is -0.257. The molecule has 1 nitrogen and oxygen atoms in total. The maximum atomic E-state index is 13.0. The predicted octanol–water partition coefficient (Wildman–Crippen LogP) is 4.86. The molecule has 1 aromatic carbocycles. The lowest BCUT2D eigenvalue weighted by Crippen LogP contribution is -2.15. The van der Waals surface area contributed by atoms with Crippen molar-refractivity contribution < 1.29 is 4.39 Å². The Morgan fingerprint density at radius 1 is 1.38 bits per heavy atom. The summed E-state index contributed by atoms with van der Waals surface area (Å²) in [7, 11) is 0. The van der Waals surface area contributed by atoms with Crippen molar-refractivity contribution in [3.05, 3.63) is 29.0 Å². The molecule has 0 spiro atoms. The van der Waals surface area contributed by atoms with Crippen molar-refractivity contribution in [3.8, 4) is 0 Å². The highest BCUT2D eigenvalue weighted by molar-refractivity contribution is 6.33. The van der Waals surface area contributed by atoms with Crippen molar-refractivity contribution in [2.24, 2.45) is 0 Å². The first kappa shape index (κ1) is 13.3. The minimum atomic E-state index is -0.257. The Hall–Kier alpha value is -0.760. The van der Waals surface area contributed by atoms with Crippen LogP contribution >= 0.6 is 11.6 Å². The Labute approximate surface area is 102 Å². The first-order chi connectivity index (χ1) is 7.63. The number of hydrogen-bond donors (Lipinski definition) is 1. The zero-order chi connectivity index (χ0) is 12.0. The van der Waals surface area contributed by atoms with Crippen molar-refractivity contribution in [1.82, 2.24) is 0 Å². The van der Waals surface area contributed by atoms with Crippen molar-refractivity contribution >= 4 is 17.3 Å². The van der Waals surface area contributed by atoms with Gasteiger partial charge in [0.2, 0.25) is 0 Å². The maximum Gasteiger partial charge on any atom is 0.125 e. The molecule has 1 rings (SSSR count). The molecule has 0 aliphatic heterocycles. The van der Waals surface area contributed by atoms with E-state index in [-0.39, 0.29) is 5.82 Å². The van der Waals surface area contributed by atoms with Gasteiger partial charge < -0.3 is 5.32 Å². The number of anilines is 1. The van der Waals surface area contributed by atoms with Gasteiger partial charge in [-0.25, -0.2) is 4.39 Å². The maximum absolute atomic E-state index is 13.0. The van der Waals surface area contributed by atoms with Gasteiger partial charge >= 0.3 is 0 Å². The number of benzene rings is 1. The molecule has 0 aliphatic carbocycles. The number of halogens is 2. The summed E-state index contributed by atoms with van der Waals surface area (Å²) in [4.78, 5) is 0. The zero-order valence-corrected chi connectivity index (χ0v) is 10.6. The third-order valence-electron chi connectivity index (χ3n) is 2.57. The summed E-state index contributed by atoms with van der Waals surface area (Å²) < 4.78 is 13.0. The van der Waals surface area contributed by atoms with Gasteiger partial charge in [0, 0.05) is 6.04 Å². The van der Waals surface area contributed by atoms with E-state index in [0.717, 1.165) is 6.42 Å². The van der Waals surface area contributed by atoms with E-state index in [1.807, 2.05) is 0 Å². The Bertz CT molecular complexity index is 328. The van der Waals surface area contributed by atoms with Crippen molar-refractivity contribution in [1.29, 1.82) is 0 Å². The molecule has 0 radical (unpaired) electrons. The molecule has 1 unspecified atom stereocenters. The molecular formula is C13H19ClFN. The van der Waals surface area contributed by atoms with E-state index in [2.05, 4.69) is 19.2 Å². The van der Waals surface area contributed by atoms with Crippen molar-refractivity contribution in [2.75, 3.05) is 5.32 Å². The lowest BCUT2D eigenvalue weighted by molar-refractivity contribution is 0.611. The topological polar surface area (TPSA) is 12.0 Å². The number of nitrogens with one attached hydrogen (secondary N) is 1. The quantitative estimate of drug-likeness (QED) is 0.704. The summed E-state index contributed by atoms with van der Waals surface area (Å²) in [6.45, 7) is 4.28. The Balaban J connectivity index is 2.48. The average Bonchev–Trinajstić information content (AvgIpc) is 2.24. The molecule has 0 bridgehead atoms. The Kier molecular flexibility index (Phi) is 5.61. The largest absolute Gasteiger partial charge is 0.381 e. The third-order valence-corrected chi connectivity index (χ3v) is 2.90. The van der Waals surface area contributed by atoms with Crippen LogP contribution in [-0.2, 0) is 0 Å². The van der Waals surface area contributed by atoms with Gasteiger partial charge in [-0.05, 0) is 31.5 Å². The van der Waals surface area contributed by atoms with Crippen LogP contribution in [0.2, 0.25) is 5.02 Å². The van der Waals surface area contributed by atoms with Crippen LogP contribution in [0.3, 0.4) is 0 Å². The molecule has 90 valence electrons. The summed E-state index contributed by atoms with van der Waals surface area (Å²) in [6.07, 6.45) is 4.73. The predicted molar refractivity (Wildman–Crippen MR) is 68.6 cm³/mol. The molecule has 0 aliphatic rings. The highest BCUT2D eigenvalue weighted by Gasteiger charge is 2.06. The molecule has 0 saturated carbocycles. The van der Waals surface area contributed by atoms with E-state index < -0.39 is 0 Å². The summed E-state index contributed by atoms with van der Waals surface area (Å²) in [6, 6.07) is 4.72. The van der Waals surface area contributed by atoms with E-state index in [4.69, 9.17) is 11.6 Å². The number of unbranched alkanes of at least 4 members (excludes halogenated alkanes) is 2. The summed E-state index contributed by atoms with van der Waals surface area (Å²) in [5.41, 5.74) is 0.686. The van der Waals surface area contributed by atoms with Crippen LogP contribution in [0.25, 0.3) is 0 Å². The fourth-order valence-corrected chi connectivity index (χ4v) is 1.82. The molecule has 1 N–H and O–H groups in total. The van der Waals surface area contributed by atoms with Gasteiger partial charge in [0.15, 0.2) is 0 Å². The molecule has 3 heteroatoms. The molecule has 0 saturated heterocycles. The van der Waals surface area contributed by atoms with Crippen LogP contribution in [0.15, 0.2) is 18.2 Å². The first-order valence-electron chi connectivity index (χ1n) is 5.85. The molecular weight excluding hydrogens is 225 g/mol. The fourth-order valence-electron chi connectivity index (χ4n) is 1.65. The van der Waals surface area contributed by atoms with Crippen molar-refractivity contribution in [2.45, 2.75) is 45.6 Å². The molecule has 0 fully saturated rings. The monoisotopic (exact) mass is 243 g/mol. The SMILES string of the molecule is CCCCCC(C)Nc1cc(F)ccc1Cl. The number of hydrogen-bond acceptors (Lipinski definition) is 1. The summed E-state index contributed by atoms with van der Waals surface area (Å²) >= 11 is 5.97. The van der Waals surface area contributed by atoms with Crippen LogP contribution in [0.5, 0.6) is 0 Å². The van der Waals surface area contributed by atoms with Crippen LogP contribution < -0.4 is 5.32 Å². The highest BCUT2D eigenvalue weighted by Crippen LogP contribution is 2.23. The zero-order valence-electron chi connectivity index (χ0n) is 9.89. The minimum Gasteiger partial charge on any atom is -0.381 e. The Morgan fingerprint density at radius 3 is 2.81 bits per heavy atom. The van der Waals surface area contributed by atoms with E-state index in [1.165, 1.54) is 31.4 Å². The molecule has 0 amide bonds. The fraction of sp³-hybridized carbons (Fsp3) is 0.538. The summed E-state index contributed by atoms with van der Waals surface area (Å²) in [5, 5.41) is 3.81. The lowest BCUT2D eigenvalue weighted by atomic mass is 10.1. The molecule has 0 aromatic heterocycles. The van der Waals surface area contributed by atoms with E-state index in [0.29, 0.717) is 16.8 Å². The van der Waals surface area contributed by atoms with Crippen LogP contribution in [0, 0.1) is 5.82 Å². The second-order valence-electron chi connectivity index (χ2n) is 4.17. The van der Waals surface area contributed by atoms with Gasteiger partial charge in [0.1, 0.15) is 5.82 Å². The molecule has 16 heavy (non-hydrogen) atoms. The van der Waals surface area contributed by atoms with Gasteiger partial charge in [0.25, 0.3) is 0 Å². The minimum absolute atomic E-state index is 0.257. The smallest absolute Gasteiger partial charge is 0.125 e. The van der Waals surface area contributed by atoms with Gasteiger partial charge in [-0.2, -0.15) is 0 Å². The van der Waals surface area contributed by atoms with E-state index >= 15 is 0 Å². The Morgan fingerprint density at radius 2 is 2.12 bits per heavy atom. The molecule has 1 atom stereocenters.